The number of fused-ring (bicyclic) bond motifs is 3. The molecule has 0 aromatic carbocycles. The second-order valence-corrected chi connectivity index (χ2v) is 10.1. The molecule has 0 aromatic rings. The molecule has 7 atom stereocenters. The van der Waals surface area contributed by atoms with Gasteiger partial charge in [-0.15, -0.1) is 0 Å². The van der Waals surface area contributed by atoms with E-state index in [9.17, 15) is 24.0 Å². The lowest BCUT2D eigenvalue weighted by atomic mass is 9.43. The molecule has 3 fully saturated rings. The zero-order chi connectivity index (χ0) is 24.0. The topological polar surface area (TPSA) is 125 Å². The Morgan fingerprint density at radius 2 is 1.81 bits per heavy atom. The number of carbonyl (C=O) groups excluding carboxylic acids is 5. The molecule has 0 unspecified atom stereocenters. The second-order valence-electron chi connectivity index (χ2n) is 10.1. The highest BCUT2D eigenvalue weighted by Gasteiger charge is 2.68. The van der Waals surface area contributed by atoms with Crippen LogP contribution in [0.15, 0.2) is 0 Å². The number of ether oxygens (including phenoxy) is 3. The minimum Gasteiger partial charge on any atom is -0.469 e. The van der Waals surface area contributed by atoms with E-state index < -0.39 is 64.6 Å². The van der Waals surface area contributed by atoms with Crippen LogP contribution in [0.2, 0.25) is 0 Å². The number of esters is 3. The number of nitrogens with one attached hydrogen (secondary N) is 1. The highest BCUT2D eigenvalue weighted by molar-refractivity contribution is 5.94. The minimum absolute atomic E-state index is 0.0422. The Bertz CT molecular complexity index is 838. The van der Waals surface area contributed by atoms with Crippen molar-refractivity contribution in [3.63, 3.8) is 0 Å². The van der Waals surface area contributed by atoms with Crippen LogP contribution in [0.5, 0.6) is 0 Å². The third-order valence-corrected chi connectivity index (χ3v) is 7.62. The summed E-state index contributed by atoms with van der Waals surface area (Å²) in [5.41, 5.74) is -1.74. The maximum atomic E-state index is 13.7. The molecule has 9 nitrogen and oxygen atoms in total. The third-order valence-electron chi connectivity index (χ3n) is 7.62. The van der Waals surface area contributed by atoms with Gasteiger partial charge >= 0.3 is 17.9 Å². The number of Topliss-reactive ketones (excluding diaryl/α,β-unsaturated/α-hetero) is 1. The number of methoxy groups -OCH3 is 1. The Labute approximate surface area is 187 Å². The summed E-state index contributed by atoms with van der Waals surface area (Å²) in [4.78, 5) is 63.8. The molecule has 1 amide bonds. The van der Waals surface area contributed by atoms with Crippen LogP contribution in [0.25, 0.3) is 0 Å². The first-order valence-electron chi connectivity index (χ1n) is 11.1. The van der Waals surface area contributed by atoms with Crippen LogP contribution in [0.3, 0.4) is 0 Å². The van der Waals surface area contributed by atoms with Crippen molar-refractivity contribution in [1.29, 1.82) is 0 Å². The van der Waals surface area contributed by atoms with Gasteiger partial charge in [-0.05, 0) is 37.5 Å². The van der Waals surface area contributed by atoms with Gasteiger partial charge in [-0.2, -0.15) is 0 Å². The Kier molecular flexibility index (Phi) is 6.41. The van der Waals surface area contributed by atoms with Crippen LogP contribution < -0.4 is 5.32 Å². The van der Waals surface area contributed by atoms with Crippen molar-refractivity contribution >= 4 is 29.6 Å². The molecule has 2 saturated carbocycles. The lowest BCUT2D eigenvalue weighted by Gasteiger charge is -2.60. The first-order valence-corrected chi connectivity index (χ1v) is 11.1. The lowest BCUT2D eigenvalue weighted by Crippen LogP contribution is -2.66. The molecule has 1 N–H and O–H groups in total. The summed E-state index contributed by atoms with van der Waals surface area (Å²) in [6.45, 7) is 8.51. The zero-order valence-corrected chi connectivity index (χ0v) is 19.6. The number of rotatable bonds is 4. The lowest BCUT2D eigenvalue weighted by molar-refractivity contribution is -0.210. The van der Waals surface area contributed by atoms with Crippen LogP contribution in [-0.4, -0.2) is 55.0 Å². The number of hydrogen-bond donors (Lipinski definition) is 1. The van der Waals surface area contributed by atoms with E-state index in [1.165, 1.54) is 14.0 Å². The Morgan fingerprint density at radius 1 is 1.16 bits per heavy atom. The third kappa shape index (κ3) is 3.90. The van der Waals surface area contributed by atoms with E-state index in [2.05, 4.69) is 5.32 Å². The summed E-state index contributed by atoms with van der Waals surface area (Å²) in [5.74, 6) is -4.39. The number of carbonyl (C=O) groups is 5. The number of hydrogen-bond acceptors (Lipinski definition) is 8. The average molecular weight is 452 g/mol. The van der Waals surface area contributed by atoms with E-state index in [4.69, 9.17) is 14.2 Å². The largest absolute Gasteiger partial charge is 0.469 e. The van der Waals surface area contributed by atoms with E-state index >= 15 is 0 Å². The highest BCUT2D eigenvalue weighted by atomic mass is 16.6. The molecule has 178 valence electrons. The first-order chi connectivity index (χ1) is 14.8. The molecule has 1 aliphatic heterocycles. The summed E-state index contributed by atoms with van der Waals surface area (Å²) >= 11 is 0. The molecule has 3 aliphatic rings. The van der Waals surface area contributed by atoms with Gasteiger partial charge in [0.1, 0.15) is 0 Å². The monoisotopic (exact) mass is 451 g/mol. The molecular formula is C23H33NO8. The second kappa shape index (κ2) is 8.48. The van der Waals surface area contributed by atoms with Crippen LogP contribution in [0.1, 0.15) is 60.3 Å². The van der Waals surface area contributed by atoms with Gasteiger partial charge in [-0.25, -0.2) is 0 Å². The fraction of sp³-hybridized carbons (Fsp3) is 0.783. The standard InChI is InChI=1S/C23H33NO8/c1-11(2)24-19(27)16-10-23(5)13(21(29)32-16)7-8-22(4)14(20(28)30-6)9-15(31-12(3)25)17(26)18(22)23/h11,13-16,18H,7-10H2,1-6H3,(H,24,27)/t13-,14-,15-,16-,18-,22-,23-/m0/s1. The van der Waals surface area contributed by atoms with Crippen molar-refractivity contribution < 1.29 is 38.2 Å². The van der Waals surface area contributed by atoms with Gasteiger partial charge in [0, 0.05) is 31.7 Å². The van der Waals surface area contributed by atoms with Crippen LogP contribution in [0, 0.1) is 28.6 Å². The van der Waals surface area contributed by atoms with Gasteiger partial charge in [0.2, 0.25) is 0 Å². The van der Waals surface area contributed by atoms with Crippen LogP contribution in [-0.2, 0) is 38.2 Å². The first kappa shape index (κ1) is 24.2. The summed E-state index contributed by atoms with van der Waals surface area (Å²) in [6, 6.07) is -0.142. The van der Waals surface area contributed by atoms with Crippen LogP contribution >= 0.6 is 0 Å². The quantitative estimate of drug-likeness (QED) is 0.504. The van der Waals surface area contributed by atoms with E-state index in [0.717, 1.165) is 0 Å². The summed E-state index contributed by atoms with van der Waals surface area (Å²) in [7, 11) is 1.29. The van der Waals surface area contributed by atoms with E-state index in [0.29, 0.717) is 12.8 Å². The smallest absolute Gasteiger partial charge is 0.310 e. The predicted molar refractivity (Wildman–Crippen MR) is 111 cm³/mol. The molecule has 1 heterocycles. The summed E-state index contributed by atoms with van der Waals surface area (Å²) in [5, 5.41) is 2.76. The molecule has 0 aromatic heterocycles. The van der Waals surface area contributed by atoms with Crippen molar-refractivity contribution in [3.05, 3.63) is 0 Å². The summed E-state index contributed by atoms with van der Waals surface area (Å²) in [6.07, 6.45) is -1.08. The minimum atomic E-state index is -1.11. The highest BCUT2D eigenvalue weighted by Crippen LogP contribution is 2.64. The number of ketones is 1. The van der Waals surface area contributed by atoms with Gasteiger partial charge < -0.3 is 19.5 Å². The van der Waals surface area contributed by atoms with Crippen molar-refractivity contribution in [2.45, 2.75) is 78.6 Å². The summed E-state index contributed by atoms with van der Waals surface area (Å²) < 4.78 is 15.8. The fourth-order valence-electron chi connectivity index (χ4n) is 6.34. The molecule has 1 saturated heterocycles. The van der Waals surface area contributed by atoms with Crippen molar-refractivity contribution in [2.24, 2.45) is 28.6 Å². The fourth-order valence-corrected chi connectivity index (χ4v) is 6.34. The van der Waals surface area contributed by atoms with Crippen molar-refractivity contribution in [1.82, 2.24) is 5.32 Å². The Balaban J connectivity index is 2.06. The maximum Gasteiger partial charge on any atom is 0.310 e. The van der Waals surface area contributed by atoms with E-state index in [1.54, 1.807) is 13.8 Å². The van der Waals surface area contributed by atoms with Gasteiger partial charge in [-0.1, -0.05) is 13.8 Å². The molecule has 0 spiro atoms. The van der Waals surface area contributed by atoms with Crippen molar-refractivity contribution in [2.75, 3.05) is 7.11 Å². The normalized spacial score (nSPS) is 38.8. The molecular weight excluding hydrogens is 418 g/mol. The van der Waals surface area contributed by atoms with Gasteiger partial charge in [-0.3, -0.25) is 24.0 Å². The molecule has 0 bridgehead atoms. The average Bonchev–Trinajstić information content (AvgIpc) is 2.67. The molecule has 32 heavy (non-hydrogen) atoms. The van der Waals surface area contributed by atoms with E-state index in [1.807, 2.05) is 13.8 Å². The Hall–Kier alpha value is -2.45. The molecule has 9 heteroatoms. The molecule has 2 aliphatic carbocycles. The van der Waals surface area contributed by atoms with Gasteiger partial charge in [0.25, 0.3) is 5.91 Å². The molecule has 3 rings (SSSR count). The van der Waals surface area contributed by atoms with E-state index in [-0.39, 0.29) is 24.7 Å². The van der Waals surface area contributed by atoms with Gasteiger partial charge in [0.05, 0.1) is 18.9 Å². The molecule has 0 radical (unpaired) electrons. The number of amides is 1. The SMILES string of the molecule is COC(=O)[C@@H]1C[C@H](OC(C)=O)C(=O)[C@H]2[C@@]1(C)CC[C@H]1C(=O)O[C@H](C(=O)NC(C)C)C[C@]21C. The number of cyclic esters (lactones) is 1. The van der Waals surface area contributed by atoms with Crippen LogP contribution in [0.4, 0.5) is 0 Å². The van der Waals surface area contributed by atoms with Crippen molar-refractivity contribution in [3.8, 4) is 0 Å². The van der Waals surface area contributed by atoms with Gasteiger partial charge in [0.15, 0.2) is 18.0 Å². The zero-order valence-electron chi connectivity index (χ0n) is 19.6. The maximum absolute atomic E-state index is 13.7. The predicted octanol–water partition coefficient (Wildman–Crippen LogP) is 1.56. The Morgan fingerprint density at radius 3 is 2.38 bits per heavy atom.